The molecular weight excluding hydrogens is 434 g/mol. The number of hydrogen-bond acceptors (Lipinski definition) is 5. The Labute approximate surface area is 197 Å². The molecule has 1 fully saturated rings. The summed E-state index contributed by atoms with van der Waals surface area (Å²) in [6.45, 7) is 1.18. The lowest BCUT2D eigenvalue weighted by Crippen LogP contribution is -2.42. The predicted molar refractivity (Wildman–Crippen MR) is 128 cm³/mol. The molecular formula is C26H25N3O5. The summed E-state index contributed by atoms with van der Waals surface area (Å²) in [5.74, 6) is -0.0774. The van der Waals surface area contributed by atoms with Crippen LogP contribution in [0.1, 0.15) is 12.5 Å². The number of anilines is 1. The summed E-state index contributed by atoms with van der Waals surface area (Å²) in [6, 6.07) is 21.5. The Bertz CT molecular complexity index is 1230. The first-order chi connectivity index (χ1) is 16.4. The summed E-state index contributed by atoms with van der Waals surface area (Å²) in [4.78, 5) is 39.3. The number of nitrogens with zero attached hydrogens (tertiary/aromatic N) is 1. The number of methoxy groups -OCH3 is 2. The first-order valence-electron chi connectivity index (χ1n) is 10.7. The predicted octanol–water partition coefficient (Wildman–Crippen LogP) is 3.78. The van der Waals surface area contributed by atoms with E-state index in [1.54, 1.807) is 37.3 Å². The second-order valence-electron chi connectivity index (χ2n) is 8.01. The van der Waals surface area contributed by atoms with E-state index in [1.165, 1.54) is 14.2 Å². The molecule has 0 spiro atoms. The number of carbonyl (C=O) groups is 3. The van der Waals surface area contributed by atoms with Crippen molar-refractivity contribution in [2.45, 2.75) is 12.5 Å². The molecule has 1 aliphatic rings. The highest BCUT2D eigenvalue weighted by molar-refractivity contribution is 6.10. The Morgan fingerprint density at radius 3 is 2.21 bits per heavy atom. The Balaban J connectivity index is 1.45. The third-order valence-corrected chi connectivity index (χ3v) is 5.81. The zero-order chi connectivity index (χ0) is 24.3. The van der Waals surface area contributed by atoms with Gasteiger partial charge < -0.3 is 20.1 Å². The van der Waals surface area contributed by atoms with Crippen LogP contribution in [0.3, 0.4) is 0 Å². The van der Waals surface area contributed by atoms with E-state index < -0.39 is 29.9 Å². The highest BCUT2D eigenvalue weighted by Gasteiger charge is 2.49. The fraction of sp³-hybridized carbons (Fsp3) is 0.192. The van der Waals surface area contributed by atoms with E-state index in [-0.39, 0.29) is 0 Å². The van der Waals surface area contributed by atoms with Gasteiger partial charge in [-0.15, -0.1) is 0 Å². The molecule has 4 rings (SSSR count). The smallest absolute Gasteiger partial charge is 0.325 e. The Morgan fingerprint density at radius 2 is 1.56 bits per heavy atom. The van der Waals surface area contributed by atoms with Gasteiger partial charge in [0.05, 0.1) is 14.2 Å². The van der Waals surface area contributed by atoms with Crippen molar-refractivity contribution in [3.8, 4) is 22.6 Å². The standard InChI is InChI=1S/C26H25N3O5/c1-26(19-11-14-21(33-2)22(15-19)34-3)24(31)29(25(32)28-26)16-23(30)27-20-12-9-18(10-13-20)17-7-5-4-6-8-17/h4-15H,16H2,1-3H3,(H,27,30)(H,28,32). The van der Waals surface area contributed by atoms with Gasteiger partial charge in [0, 0.05) is 5.69 Å². The summed E-state index contributed by atoms with van der Waals surface area (Å²) in [5, 5.41) is 5.43. The van der Waals surface area contributed by atoms with Crippen LogP contribution in [-0.4, -0.2) is 43.5 Å². The minimum Gasteiger partial charge on any atom is -0.493 e. The topological polar surface area (TPSA) is 97.0 Å². The molecule has 0 saturated carbocycles. The van der Waals surface area contributed by atoms with Crippen LogP contribution in [0.5, 0.6) is 11.5 Å². The maximum atomic E-state index is 13.2. The molecule has 8 nitrogen and oxygen atoms in total. The first kappa shape index (κ1) is 22.8. The summed E-state index contributed by atoms with van der Waals surface area (Å²) < 4.78 is 10.5. The molecule has 34 heavy (non-hydrogen) atoms. The van der Waals surface area contributed by atoms with Gasteiger partial charge in [-0.2, -0.15) is 0 Å². The van der Waals surface area contributed by atoms with E-state index in [0.717, 1.165) is 16.0 Å². The molecule has 3 aromatic carbocycles. The summed E-state index contributed by atoms with van der Waals surface area (Å²) in [6.07, 6.45) is 0. The quantitative estimate of drug-likeness (QED) is 0.524. The molecule has 3 aromatic rings. The fourth-order valence-electron chi connectivity index (χ4n) is 3.90. The van der Waals surface area contributed by atoms with Crippen molar-refractivity contribution in [1.29, 1.82) is 0 Å². The molecule has 1 aliphatic heterocycles. The van der Waals surface area contributed by atoms with Crippen LogP contribution in [0.15, 0.2) is 72.8 Å². The average Bonchev–Trinajstić information content (AvgIpc) is 3.08. The van der Waals surface area contributed by atoms with Crippen LogP contribution >= 0.6 is 0 Å². The van der Waals surface area contributed by atoms with Gasteiger partial charge in [0.25, 0.3) is 5.91 Å². The van der Waals surface area contributed by atoms with Crippen LogP contribution in [0.4, 0.5) is 10.5 Å². The number of carbonyl (C=O) groups excluding carboxylic acids is 3. The maximum absolute atomic E-state index is 13.2. The molecule has 1 heterocycles. The Kier molecular flexibility index (Phi) is 6.23. The number of amides is 4. The second-order valence-corrected chi connectivity index (χ2v) is 8.01. The Hall–Kier alpha value is -4.33. The third-order valence-electron chi connectivity index (χ3n) is 5.81. The van der Waals surface area contributed by atoms with E-state index in [9.17, 15) is 14.4 Å². The van der Waals surface area contributed by atoms with E-state index in [1.807, 2.05) is 42.5 Å². The van der Waals surface area contributed by atoms with Crippen LogP contribution in [0.2, 0.25) is 0 Å². The molecule has 0 bridgehead atoms. The van der Waals surface area contributed by atoms with E-state index >= 15 is 0 Å². The van der Waals surface area contributed by atoms with Crippen LogP contribution in [0.25, 0.3) is 11.1 Å². The summed E-state index contributed by atoms with van der Waals surface area (Å²) in [5.41, 5.74) is 1.82. The molecule has 0 radical (unpaired) electrons. The van der Waals surface area contributed by atoms with Crippen molar-refractivity contribution in [3.63, 3.8) is 0 Å². The largest absolute Gasteiger partial charge is 0.493 e. The van der Waals surface area contributed by atoms with Gasteiger partial charge in [-0.1, -0.05) is 48.5 Å². The number of rotatable bonds is 7. The van der Waals surface area contributed by atoms with Crippen LogP contribution < -0.4 is 20.1 Å². The van der Waals surface area contributed by atoms with Gasteiger partial charge in [0.15, 0.2) is 11.5 Å². The number of benzene rings is 3. The SMILES string of the molecule is COc1ccc(C2(C)NC(=O)N(CC(=O)Nc3ccc(-c4ccccc4)cc3)C2=O)cc1OC. The third kappa shape index (κ3) is 4.30. The van der Waals surface area contributed by atoms with Crippen molar-refractivity contribution in [2.24, 2.45) is 0 Å². The number of urea groups is 1. The molecule has 2 N–H and O–H groups in total. The number of imide groups is 1. The minimum atomic E-state index is -1.34. The normalized spacial score (nSPS) is 17.3. The molecule has 1 saturated heterocycles. The van der Waals surface area contributed by atoms with Gasteiger partial charge in [0.1, 0.15) is 12.1 Å². The molecule has 1 unspecified atom stereocenters. The van der Waals surface area contributed by atoms with Crippen molar-refractivity contribution < 1.29 is 23.9 Å². The van der Waals surface area contributed by atoms with Crippen molar-refractivity contribution in [3.05, 3.63) is 78.4 Å². The molecule has 1 atom stereocenters. The van der Waals surface area contributed by atoms with Crippen LogP contribution in [0, 0.1) is 0 Å². The monoisotopic (exact) mass is 459 g/mol. The average molecular weight is 460 g/mol. The van der Waals surface area contributed by atoms with Gasteiger partial charge in [0.2, 0.25) is 5.91 Å². The molecule has 8 heteroatoms. The molecule has 0 aliphatic carbocycles. The summed E-state index contributed by atoms with van der Waals surface area (Å²) in [7, 11) is 3.00. The number of nitrogens with one attached hydrogen (secondary N) is 2. The van der Waals surface area contributed by atoms with E-state index in [4.69, 9.17) is 9.47 Å². The zero-order valence-electron chi connectivity index (χ0n) is 19.1. The minimum absolute atomic E-state index is 0.409. The van der Waals surface area contributed by atoms with Crippen LogP contribution in [-0.2, 0) is 15.1 Å². The highest BCUT2D eigenvalue weighted by atomic mass is 16.5. The first-order valence-corrected chi connectivity index (χ1v) is 10.7. The van der Waals surface area contributed by atoms with Crippen molar-refractivity contribution >= 4 is 23.5 Å². The van der Waals surface area contributed by atoms with Gasteiger partial charge in [-0.3, -0.25) is 14.5 Å². The lowest BCUT2D eigenvalue weighted by molar-refractivity contribution is -0.133. The molecule has 0 aromatic heterocycles. The highest BCUT2D eigenvalue weighted by Crippen LogP contribution is 2.35. The lowest BCUT2D eigenvalue weighted by atomic mass is 9.91. The Morgan fingerprint density at radius 1 is 0.912 bits per heavy atom. The van der Waals surface area contributed by atoms with Crippen molar-refractivity contribution in [1.82, 2.24) is 10.2 Å². The molecule has 174 valence electrons. The molecule has 4 amide bonds. The fourth-order valence-corrected chi connectivity index (χ4v) is 3.90. The van der Waals surface area contributed by atoms with E-state index in [0.29, 0.717) is 22.7 Å². The number of hydrogen-bond donors (Lipinski definition) is 2. The maximum Gasteiger partial charge on any atom is 0.325 e. The van der Waals surface area contributed by atoms with Gasteiger partial charge in [-0.05, 0) is 47.9 Å². The number of ether oxygens (including phenoxy) is 2. The zero-order valence-corrected chi connectivity index (χ0v) is 19.1. The summed E-state index contributed by atoms with van der Waals surface area (Å²) >= 11 is 0. The van der Waals surface area contributed by atoms with Crippen molar-refractivity contribution in [2.75, 3.05) is 26.1 Å². The second kappa shape index (κ2) is 9.27. The van der Waals surface area contributed by atoms with Gasteiger partial charge in [-0.25, -0.2) is 4.79 Å². The lowest BCUT2D eigenvalue weighted by Gasteiger charge is -2.23. The van der Waals surface area contributed by atoms with E-state index in [2.05, 4.69) is 10.6 Å². The van der Waals surface area contributed by atoms with Gasteiger partial charge >= 0.3 is 6.03 Å².